The van der Waals surface area contributed by atoms with Gasteiger partial charge in [-0.1, -0.05) is 0 Å². The highest BCUT2D eigenvalue weighted by atomic mass is 16.5. The fourth-order valence-electron chi connectivity index (χ4n) is 3.72. The Labute approximate surface area is 116 Å². The Balaban J connectivity index is 1.22. The summed E-state index contributed by atoms with van der Waals surface area (Å²) in [4.78, 5) is 2.71. The molecular weight excluding hydrogens is 238 g/mol. The Morgan fingerprint density at radius 3 is 2.53 bits per heavy atom. The van der Waals surface area contributed by atoms with Gasteiger partial charge in [0.15, 0.2) is 0 Å². The molecule has 3 atom stereocenters. The van der Waals surface area contributed by atoms with E-state index >= 15 is 0 Å². The van der Waals surface area contributed by atoms with Crippen LogP contribution in [0.3, 0.4) is 0 Å². The molecular formula is C16H27NO2. The van der Waals surface area contributed by atoms with Crippen molar-refractivity contribution in [2.75, 3.05) is 26.3 Å². The van der Waals surface area contributed by atoms with Gasteiger partial charge in [-0.25, -0.2) is 0 Å². The predicted octanol–water partition coefficient (Wildman–Crippen LogP) is 2.44. The van der Waals surface area contributed by atoms with Crippen LogP contribution in [0.2, 0.25) is 0 Å². The molecule has 108 valence electrons. The number of hydrogen-bond acceptors (Lipinski definition) is 3. The zero-order chi connectivity index (χ0) is 12.7. The third-order valence-electron chi connectivity index (χ3n) is 5.29. The minimum atomic E-state index is 0.376. The van der Waals surface area contributed by atoms with Crippen molar-refractivity contribution in [1.82, 2.24) is 4.90 Å². The van der Waals surface area contributed by atoms with E-state index in [2.05, 4.69) is 4.90 Å². The molecule has 0 aromatic carbocycles. The second-order valence-corrected chi connectivity index (χ2v) is 7.15. The van der Waals surface area contributed by atoms with Crippen LogP contribution in [-0.2, 0) is 9.47 Å². The monoisotopic (exact) mass is 265 g/mol. The average Bonchev–Trinajstić information content (AvgIpc) is 3.31. The van der Waals surface area contributed by atoms with Crippen molar-refractivity contribution in [3.63, 3.8) is 0 Å². The molecule has 4 aliphatic rings. The molecule has 0 N–H and O–H groups in total. The van der Waals surface area contributed by atoms with Crippen molar-refractivity contribution in [1.29, 1.82) is 0 Å². The topological polar surface area (TPSA) is 21.7 Å². The second kappa shape index (κ2) is 5.34. The van der Waals surface area contributed by atoms with Gasteiger partial charge in [-0.3, -0.25) is 4.90 Å². The molecule has 0 aromatic rings. The molecule has 4 fully saturated rings. The lowest BCUT2D eigenvalue weighted by Gasteiger charge is -2.36. The maximum atomic E-state index is 6.28. The molecule has 0 bridgehead atoms. The standard InChI is InChI=1S/C16H27NO2/c1-2-12(1)9-17-8-7-16-15(17)6-5-14(19-16)11-18-10-13-3-4-13/h12-16H,1-11H2/t14-,15-,16-/m0/s1. The van der Waals surface area contributed by atoms with Crippen LogP contribution in [0, 0.1) is 11.8 Å². The summed E-state index contributed by atoms with van der Waals surface area (Å²) in [6, 6.07) is 0.722. The SMILES string of the molecule is C1CC1COC[C@@H]1CC[C@H]2[C@H](CCN2CC2CC2)O1. The van der Waals surface area contributed by atoms with E-state index in [4.69, 9.17) is 9.47 Å². The molecule has 3 heteroatoms. The van der Waals surface area contributed by atoms with Gasteiger partial charge in [0.1, 0.15) is 0 Å². The third kappa shape index (κ3) is 3.14. The van der Waals surface area contributed by atoms with Gasteiger partial charge in [0.2, 0.25) is 0 Å². The van der Waals surface area contributed by atoms with Crippen molar-refractivity contribution < 1.29 is 9.47 Å². The maximum Gasteiger partial charge on any atom is 0.0813 e. The van der Waals surface area contributed by atoms with Gasteiger partial charge in [0.05, 0.1) is 18.8 Å². The number of likely N-dealkylation sites (tertiary alicyclic amines) is 1. The molecule has 2 aliphatic carbocycles. The van der Waals surface area contributed by atoms with Crippen LogP contribution in [0.5, 0.6) is 0 Å². The third-order valence-corrected chi connectivity index (χ3v) is 5.29. The van der Waals surface area contributed by atoms with Crippen LogP contribution < -0.4 is 0 Å². The summed E-state index contributed by atoms with van der Waals surface area (Å²) in [6.45, 7) is 4.42. The Morgan fingerprint density at radius 2 is 1.74 bits per heavy atom. The van der Waals surface area contributed by atoms with Gasteiger partial charge in [0, 0.05) is 25.7 Å². The van der Waals surface area contributed by atoms with E-state index in [0.29, 0.717) is 12.2 Å². The molecule has 2 saturated carbocycles. The number of nitrogens with zero attached hydrogens (tertiary/aromatic N) is 1. The number of hydrogen-bond donors (Lipinski definition) is 0. The Kier molecular flexibility index (Phi) is 3.55. The van der Waals surface area contributed by atoms with Gasteiger partial charge in [-0.05, 0) is 56.8 Å². The Morgan fingerprint density at radius 1 is 0.895 bits per heavy atom. The summed E-state index contributed by atoms with van der Waals surface area (Å²) in [5, 5.41) is 0. The predicted molar refractivity (Wildman–Crippen MR) is 74.1 cm³/mol. The summed E-state index contributed by atoms with van der Waals surface area (Å²) in [7, 11) is 0. The molecule has 19 heavy (non-hydrogen) atoms. The maximum absolute atomic E-state index is 6.28. The summed E-state index contributed by atoms with van der Waals surface area (Å²) < 4.78 is 12.1. The fourth-order valence-corrected chi connectivity index (χ4v) is 3.72. The first kappa shape index (κ1) is 12.6. The van der Waals surface area contributed by atoms with Gasteiger partial charge in [-0.15, -0.1) is 0 Å². The van der Waals surface area contributed by atoms with E-state index in [1.807, 2.05) is 0 Å². The molecule has 0 aromatic heterocycles. The average molecular weight is 265 g/mol. The molecule has 0 amide bonds. The van der Waals surface area contributed by atoms with Crippen LogP contribution in [-0.4, -0.2) is 49.5 Å². The minimum Gasteiger partial charge on any atom is -0.378 e. The fraction of sp³-hybridized carbons (Fsp3) is 1.00. The van der Waals surface area contributed by atoms with E-state index < -0.39 is 0 Å². The molecule has 3 nitrogen and oxygen atoms in total. The molecule has 2 saturated heterocycles. The van der Waals surface area contributed by atoms with Crippen molar-refractivity contribution in [3.05, 3.63) is 0 Å². The van der Waals surface area contributed by atoms with Crippen LogP contribution in [0.15, 0.2) is 0 Å². The molecule has 0 spiro atoms. The van der Waals surface area contributed by atoms with E-state index in [1.54, 1.807) is 0 Å². The van der Waals surface area contributed by atoms with Crippen molar-refractivity contribution >= 4 is 0 Å². The first-order valence-corrected chi connectivity index (χ1v) is 8.36. The van der Waals surface area contributed by atoms with Gasteiger partial charge >= 0.3 is 0 Å². The quantitative estimate of drug-likeness (QED) is 0.736. The smallest absolute Gasteiger partial charge is 0.0813 e. The number of fused-ring (bicyclic) bond motifs is 1. The lowest BCUT2D eigenvalue weighted by Crippen LogP contribution is -2.44. The highest BCUT2D eigenvalue weighted by Gasteiger charge is 2.41. The zero-order valence-electron chi connectivity index (χ0n) is 11.9. The Bertz CT molecular complexity index is 314. The van der Waals surface area contributed by atoms with E-state index in [0.717, 1.165) is 31.1 Å². The Hall–Kier alpha value is -0.120. The lowest BCUT2D eigenvalue weighted by atomic mass is 9.99. The van der Waals surface area contributed by atoms with E-state index in [1.165, 1.54) is 58.0 Å². The van der Waals surface area contributed by atoms with Crippen LogP contribution in [0.4, 0.5) is 0 Å². The highest BCUT2D eigenvalue weighted by molar-refractivity contribution is 4.94. The van der Waals surface area contributed by atoms with Crippen molar-refractivity contribution in [2.45, 2.75) is 63.2 Å². The number of ether oxygens (including phenoxy) is 2. The molecule has 0 unspecified atom stereocenters. The number of rotatable bonds is 6. The molecule has 0 radical (unpaired) electrons. The second-order valence-electron chi connectivity index (χ2n) is 7.15. The van der Waals surface area contributed by atoms with Crippen molar-refractivity contribution in [3.8, 4) is 0 Å². The van der Waals surface area contributed by atoms with E-state index in [-0.39, 0.29) is 0 Å². The molecule has 2 aliphatic heterocycles. The van der Waals surface area contributed by atoms with Crippen LogP contribution >= 0.6 is 0 Å². The molecule has 2 heterocycles. The summed E-state index contributed by atoms with van der Waals surface area (Å²) in [5.41, 5.74) is 0. The highest BCUT2D eigenvalue weighted by Crippen LogP contribution is 2.36. The largest absolute Gasteiger partial charge is 0.378 e. The zero-order valence-corrected chi connectivity index (χ0v) is 11.9. The first-order chi connectivity index (χ1) is 9.38. The lowest BCUT2D eigenvalue weighted by molar-refractivity contribution is -0.100. The minimum absolute atomic E-state index is 0.376. The van der Waals surface area contributed by atoms with Gasteiger partial charge in [0.25, 0.3) is 0 Å². The normalized spacial score (nSPS) is 39.5. The van der Waals surface area contributed by atoms with Gasteiger partial charge in [-0.2, -0.15) is 0 Å². The summed E-state index contributed by atoms with van der Waals surface area (Å²) >= 11 is 0. The van der Waals surface area contributed by atoms with Gasteiger partial charge < -0.3 is 9.47 Å². The van der Waals surface area contributed by atoms with E-state index in [9.17, 15) is 0 Å². The van der Waals surface area contributed by atoms with Crippen LogP contribution in [0.25, 0.3) is 0 Å². The summed E-state index contributed by atoms with van der Waals surface area (Å²) in [5.74, 6) is 1.88. The first-order valence-electron chi connectivity index (χ1n) is 8.36. The van der Waals surface area contributed by atoms with Crippen LogP contribution in [0.1, 0.15) is 44.9 Å². The molecule has 4 rings (SSSR count). The summed E-state index contributed by atoms with van der Waals surface area (Å²) in [6.07, 6.45) is 10.3. The van der Waals surface area contributed by atoms with Crippen molar-refractivity contribution in [2.24, 2.45) is 11.8 Å².